The van der Waals surface area contributed by atoms with Gasteiger partial charge >= 0.3 is 5.97 Å². The number of amides is 1. The number of ether oxygens (including phenoxy) is 1. The zero-order valence-corrected chi connectivity index (χ0v) is 11.7. The molecule has 1 heterocycles. The molecular weight excluding hydrogens is 244 g/mol. The largest absolute Gasteiger partial charge is 0.465 e. The molecule has 108 valence electrons. The Morgan fingerprint density at radius 1 is 1.21 bits per heavy atom. The quantitative estimate of drug-likeness (QED) is 0.728. The number of piperidine rings is 1. The maximum Gasteiger partial charge on any atom is 0.325 e. The van der Waals surface area contributed by atoms with Gasteiger partial charge in [-0.05, 0) is 51.6 Å². The van der Waals surface area contributed by atoms with E-state index in [1.54, 1.807) is 11.8 Å². The molecule has 1 saturated heterocycles. The molecule has 0 atom stereocenters. The molecule has 1 amide bonds. The predicted molar refractivity (Wildman–Crippen MR) is 71.6 cm³/mol. The zero-order chi connectivity index (χ0) is 13.7. The van der Waals surface area contributed by atoms with Crippen LogP contribution in [0.5, 0.6) is 0 Å². The fourth-order valence-electron chi connectivity index (χ4n) is 2.60. The molecule has 5 nitrogen and oxygen atoms in total. The smallest absolute Gasteiger partial charge is 0.325 e. The van der Waals surface area contributed by atoms with Crippen molar-refractivity contribution in [3.63, 3.8) is 0 Å². The zero-order valence-electron chi connectivity index (χ0n) is 11.7. The van der Waals surface area contributed by atoms with Crippen molar-refractivity contribution >= 4 is 11.9 Å². The molecule has 0 radical (unpaired) electrons. The summed E-state index contributed by atoms with van der Waals surface area (Å²) in [5.74, 6) is 0.313. The van der Waals surface area contributed by atoms with Gasteiger partial charge in [-0.1, -0.05) is 0 Å². The van der Waals surface area contributed by atoms with Crippen molar-refractivity contribution in [1.29, 1.82) is 0 Å². The molecule has 2 rings (SSSR count). The Balaban J connectivity index is 1.83. The average molecular weight is 268 g/mol. The van der Waals surface area contributed by atoms with Crippen molar-refractivity contribution < 1.29 is 14.3 Å². The van der Waals surface area contributed by atoms with Gasteiger partial charge in [0.15, 0.2) is 0 Å². The van der Waals surface area contributed by atoms with Gasteiger partial charge in [0, 0.05) is 12.5 Å². The molecule has 5 heteroatoms. The topological polar surface area (TPSA) is 58.6 Å². The number of carbonyl (C=O) groups is 2. The van der Waals surface area contributed by atoms with Gasteiger partial charge in [-0.2, -0.15) is 0 Å². The van der Waals surface area contributed by atoms with Gasteiger partial charge in [0.05, 0.1) is 6.61 Å². The molecule has 0 aromatic heterocycles. The number of rotatable bonds is 6. The molecule has 19 heavy (non-hydrogen) atoms. The van der Waals surface area contributed by atoms with Crippen LogP contribution in [0.1, 0.15) is 39.0 Å². The molecule has 0 bridgehead atoms. The Kier molecular flexibility index (Phi) is 5.19. The summed E-state index contributed by atoms with van der Waals surface area (Å²) >= 11 is 0. The normalized spacial score (nSPS) is 20.1. The van der Waals surface area contributed by atoms with Crippen molar-refractivity contribution in [2.75, 3.05) is 26.2 Å². The van der Waals surface area contributed by atoms with Crippen LogP contribution in [0, 0.1) is 5.92 Å². The summed E-state index contributed by atoms with van der Waals surface area (Å²) in [6.45, 7) is 4.29. The van der Waals surface area contributed by atoms with E-state index in [0.717, 1.165) is 38.8 Å². The third-order valence-electron chi connectivity index (χ3n) is 3.83. The molecule has 0 aromatic rings. The van der Waals surface area contributed by atoms with E-state index in [1.807, 2.05) is 0 Å². The fraction of sp³-hybridized carbons (Fsp3) is 0.857. The Labute approximate surface area is 114 Å². The summed E-state index contributed by atoms with van der Waals surface area (Å²) in [6.07, 6.45) is 4.75. The van der Waals surface area contributed by atoms with E-state index in [4.69, 9.17) is 4.74 Å². The lowest BCUT2D eigenvalue weighted by Crippen LogP contribution is -2.40. The minimum Gasteiger partial charge on any atom is -0.465 e. The van der Waals surface area contributed by atoms with Gasteiger partial charge < -0.3 is 15.0 Å². The molecule has 2 aliphatic rings. The Hall–Kier alpha value is -1.10. The predicted octanol–water partition coefficient (Wildman–Crippen LogP) is 0.930. The third kappa shape index (κ3) is 4.49. The van der Waals surface area contributed by atoms with Gasteiger partial charge in [0.1, 0.15) is 6.54 Å². The molecule has 0 spiro atoms. The molecule has 0 unspecified atom stereocenters. The van der Waals surface area contributed by atoms with Crippen LogP contribution in [0.15, 0.2) is 0 Å². The molecule has 1 N–H and O–H groups in total. The van der Waals surface area contributed by atoms with Gasteiger partial charge in [0.25, 0.3) is 0 Å². The van der Waals surface area contributed by atoms with Crippen molar-refractivity contribution in [1.82, 2.24) is 10.2 Å². The first-order chi connectivity index (χ1) is 9.20. The van der Waals surface area contributed by atoms with Gasteiger partial charge in [0.2, 0.25) is 5.91 Å². The number of hydrogen-bond acceptors (Lipinski definition) is 4. The van der Waals surface area contributed by atoms with Crippen LogP contribution in [0.4, 0.5) is 0 Å². The van der Waals surface area contributed by atoms with E-state index in [9.17, 15) is 9.59 Å². The summed E-state index contributed by atoms with van der Waals surface area (Å²) < 4.78 is 4.95. The number of hydrogen-bond donors (Lipinski definition) is 1. The van der Waals surface area contributed by atoms with Gasteiger partial charge in [-0.25, -0.2) is 0 Å². The second kappa shape index (κ2) is 6.89. The lowest BCUT2D eigenvalue weighted by atomic mass is 9.94. The Morgan fingerprint density at radius 3 is 2.47 bits per heavy atom. The highest BCUT2D eigenvalue weighted by molar-refractivity contribution is 5.82. The van der Waals surface area contributed by atoms with E-state index in [1.165, 1.54) is 0 Å². The first-order valence-electron chi connectivity index (χ1n) is 7.36. The van der Waals surface area contributed by atoms with E-state index >= 15 is 0 Å². The molecule has 2 fully saturated rings. The van der Waals surface area contributed by atoms with Crippen molar-refractivity contribution in [2.24, 2.45) is 5.92 Å². The van der Waals surface area contributed by atoms with Crippen LogP contribution < -0.4 is 5.32 Å². The molecule has 1 aliphatic heterocycles. The van der Waals surface area contributed by atoms with Crippen LogP contribution in [-0.4, -0.2) is 49.1 Å². The molecule has 0 aromatic carbocycles. The van der Waals surface area contributed by atoms with Crippen molar-refractivity contribution in [2.45, 2.75) is 45.1 Å². The summed E-state index contributed by atoms with van der Waals surface area (Å²) in [5.41, 5.74) is 0. The Morgan fingerprint density at radius 2 is 1.89 bits per heavy atom. The van der Waals surface area contributed by atoms with Gasteiger partial charge in [-0.15, -0.1) is 0 Å². The summed E-state index contributed by atoms with van der Waals surface area (Å²) in [5, 5.41) is 3.30. The first-order valence-corrected chi connectivity index (χ1v) is 7.36. The molecule has 1 saturated carbocycles. The standard InChI is InChI=1S/C14H24N2O3/c1-2-19-14(18)10-16(12-3-4-12)13(17)9-11-5-7-15-8-6-11/h11-12,15H,2-10H2,1H3. The van der Waals surface area contributed by atoms with Gasteiger partial charge in [-0.3, -0.25) is 9.59 Å². The molecule has 1 aliphatic carbocycles. The van der Waals surface area contributed by atoms with E-state index < -0.39 is 0 Å². The Bertz CT molecular complexity index is 323. The van der Waals surface area contributed by atoms with Crippen LogP contribution in [0.25, 0.3) is 0 Å². The minimum absolute atomic E-state index is 0.127. The maximum atomic E-state index is 12.3. The highest BCUT2D eigenvalue weighted by Crippen LogP contribution is 2.28. The summed E-state index contributed by atoms with van der Waals surface area (Å²) in [7, 11) is 0. The summed E-state index contributed by atoms with van der Waals surface area (Å²) in [4.78, 5) is 25.6. The number of esters is 1. The monoisotopic (exact) mass is 268 g/mol. The van der Waals surface area contributed by atoms with Crippen LogP contribution >= 0.6 is 0 Å². The second-order valence-corrected chi connectivity index (χ2v) is 5.46. The minimum atomic E-state index is -0.284. The molecular formula is C14H24N2O3. The first kappa shape index (κ1) is 14.3. The highest BCUT2D eigenvalue weighted by atomic mass is 16.5. The second-order valence-electron chi connectivity index (χ2n) is 5.46. The fourth-order valence-corrected chi connectivity index (χ4v) is 2.60. The van der Waals surface area contributed by atoms with Crippen LogP contribution in [0.2, 0.25) is 0 Å². The average Bonchev–Trinajstić information content (AvgIpc) is 3.21. The lowest BCUT2D eigenvalue weighted by molar-refractivity contribution is -0.149. The van der Waals surface area contributed by atoms with E-state index in [-0.39, 0.29) is 24.5 Å². The maximum absolute atomic E-state index is 12.3. The highest BCUT2D eigenvalue weighted by Gasteiger charge is 2.34. The third-order valence-corrected chi connectivity index (χ3v) is 3.83. The van der Waals surface area contributed by atoms with Crippen molar-refractivity contribution in [3.05, 3.63) is 0 Å². The number of carbonyl (C=O) groups excluding carboxylic acids is 2. The summed E-state index contributed by atoms with van der Waals surface area (Å²) in [6, 6.07) is 0.277. The lowest BCUT2D eigenvalue weighted by Gasteiger charge is -2.26. The van der Waals surface area contributed by atoms with E-state index in [2.05, 4.69) is 5.32 Å². The van der Waals surface area contributed by atoms with E-state index in [0.29, 0.717) is 18.9 Å². The SMILES string of the molecule is CCOC(=O)CN(C(=O)CC1CCNCC1)C1CC1. The van der Waals surface area contributed by atoms with Crippen LogP contribution in [0.3, 0.4) is 0 Å². The van der Waals surface area contributed by atoms with Crippen LogP contribution in [-0.2, 0) is 14.3 Å². The number of nitrogens with zero attached hydrogens (tertiary/aromatic N) is 1. The number of nitrogens with one attached hydrogen (secondary N) is 1. The van der Waals surface area contributed by atoms with Crippen molar-refractivity contribution in [3.8, 4) is 0 Å².